The Kier molecular flexibility index (Phi) is 2.25. The molecule has 0 aromatic heterocycles. The van der Waals surface area contributed by atoms with Crippen molar-refractivity contribution in [2.24, 2.45) is 0 Å². The predicted octanol–water partition coefficient (Wildman–Crippen LogP) is 1.32. The van der Waals surface area contributed by atoms with E-state index in [4.69, 9.17) is 9.47 Å². The van der Waals surface area contributed by atoms with E-state index in [0.717, 1.165) is 6.42 Å². The van der Waals surface area contributed by atoms with Crippen molar-refractivity contribution in [2.75, 3.05) is 6.61 Å². The summed E-state index contributed by atoms with van der Waals surface area (Å²) < 4.78 is 10.5. The minimum atomic E-state index is -0.157. The highest BCUT2D eigenvalue weighted by Crippen LogP contribution is 2.13. The maximum atomic E-state index is 5.32. The Bertz CT molecular complexity index is 101. The minimum Gasteiger partial charge on any atom is -0.346 e. The average Bonchev–Trinajstić information content (AvgIpc) is 2.34. The molecule has 2 heteroatoms. The van der Waals surface area contributed by atoms with Gasteiger partial charge in [0, 0.05) is 0 Å². The normalized spacial score (nSPS) is 34.8. The van der Waals surface area contributed by atoms with E-state index >= 15 is 0 Å². The van der Waals surface area contributed by atoms with Crippen molar-refractivity contribution in [2.45, 2.75) is 25.7 Å². The Balaban J connectivity index is 2.28. The van der Waals surface area contributed by atoms with Gasteiger partial charge in [0.05, 0.1) is 12.7 Å². The van der Waals surface area contributed by atoms with Gasteiger partial charge < -0.3 is 9.47 Å². The zero-order valence-corrected chi connectivity index (χ0v) is 5.67. The van der Waals surface area contributed by atoms with Gasteiger partial charge >= 0.3 is 0 Å². The molecule has 0 saturated carbocycles. The Hall–Kier alpha value is -0.340. The van der Waals surface area contributed by atoms with E-state index in [1.165, 1.54) is 0 Å². The summed E-state index contributed by atoms with van der Waals surface area (Å²) in [4.78, 5) is 0. The Morgan fingerprint density at radius 3 is 2.89 bits per heavy atom. The quantitative estimate of drug-likeness (QED) is 0.522. The molecular formula is C7H12O2. The van der Waals surface area contributed by atoms with Crippen molar-refractivity contribution in [3.05, 3.63) is 12.7 Å². The van der Waals surface area contributed by atoms with Crippen LogP contribution in [0.5, 0.6) is 0 Å². The second-order valence-corrected chi connectivity index (χ2v) is 2.10. The molecule has 1 aliphatic rings. The second kappa shape index (κ2) is 2.99. The van der Waals surface area contributed by atoms with E-state index in [2.05, 4.69) is 13.5 Å². The summed E-state index contributed by atoms with van der Waals surface area (Å²) in [5, 5.41) is 0. The first-order valence-electron chi connectivity index (χ1n) is 3.26. The largest absolute Gasteiger partial charge is 0.346 e. The third-order valence-electron chi connectivity index (χ3n) is 1.42. The van der Waals surface area contributed by atoms with Crippen molar-refractivity contribution in [3.63, 3.8) is 0 Å². The van der Waals surface area contributed by atoms with Crippen LogP contribution in [0.3, 0.4) is 0 Å². The Morgan fingerprint density at radius 2 is 2.56 bits per heavy atom. The van der Waals surface area contributed by atoms with Gasteiger partial charge in [0.1, 0.15) is 0 Å². The van der Waals surface area contributed by atoms with Crippen molar-refractivity contribution < 1.29 is 9.47 Å². The number of hydrogen-bond donors (Lipinski definition) is 0. The van der Waals surface area contributed by atoms with Gasteiger partial charge in [0.2, 0.25) is 0 Å². The highest BCUT2D eigenvalue weighted by Gasteiger charge is 2.21. The molecule has 0 amide bonds. The lowest BCUT2D eigenvalue weighted by molar-refractivity contribution is -0.0197. The van der Waals surface area contributed by atoms with Gasteiger partial charge in [-0.2, -0.15) is 0 Å². The summed E-state index contributed by atoms with van der Waals surface area (Å²) in [6.45, 7) is 6.36. The van der Waals surface area contributed by atoms with Crippen LogP contribution in [-0.4, -0.2) is 19.0 Å². The third-order valence-corrected chi connectivity index (χ3v) is 1.42. The van der Waals surface area contributed by atoms with Crippen LogP contribution in [0.4, 0.5) is 0 Å². The van der Waals surface area contributed by atoms with Crippen LogP contribution < -0.4 is 0 Å². The molecular weight excluding hydrogens is 116 g/mol. The van der Waals surface area contributed by atoms with Crippen LogP contribution >= 0.6 is 0 Å². The van der Waals surface area contributed by atoms with Gasteiger partial charge in [0.25, 0.3) is 0 Å². The van der Waals surface area contributed by atoms with E-state index in [1.807, 2.05) is 0 Å². The molecule has 1 rings (SSSR count). The molecule has 2 atom stereocenters. The molecule has 1 fully saturated rings. The number of ether oxygens (including phenoxy) is 2. The summed E-state index contributed by atoms with van der Waals surface area (Å²) in [5.74, 6) is 0. The molecule has 1 saturated heterocycles. The molecule has 0 aromatic rings. The summed E-state index contributed by atoms with van der Waals surface area (Å²) in [6, 6.07) is 0. The molecule has 0 aliphatic carbocycles. The molecule has 0 aromatic carbocycles. The van der Waals surface area contributed by atoms with E-state index in [0.29, 0.717) is 6.61 Å². The molecule has 0 radical (unpaired) electrons. The smallest absolute Gasteiger partial charge is 0.177 e. The van der Waals surface area contributed by atoms with Crippen LogP contribution in [-0.2, 0) is 9.47 Å². The molecule has 0 bridgehead atoms. The molecule has 2 nitrogen and oxygen atoms in total. The molecule has 1 unspecified atom stereocenters. The lowest BCUT2D eigenvalue weighted by atomic mass is 10.3. The van der Waals surface area contributed by atoms with E-state index < -0.39 is 0 Å². The number of rotatable bonds is 2. The highest BCUT2D eigenvalue weighted by atomic mass is 16.7. The Morgan fingerprint density at radius 1 is 1.78 bits per heavy atom. The fourth-order valence-corrected chi connectivity index (χ4v) is 0.808. The fourth-order valence-electron chi connectivity index (χ4n) is 0.808. The first kappa shape index (κ1) is 6.78. The van der Waals surface area contributed by atoms with Crippen LogP contribution in [0.2, 0.25) is 0 Å². The van der Waals surface area contributed by atoms with Crippen molar-refractivity contribution in [1.29, 1.82) is 0 Å². The third kappa shape index (κ3) is 1.53. The van der Waals surface area contributed by atoms with Gasteiger partial charge in [-0.25, -0.2) is 0 Å². The summed E-state index contributed by atoms with van der Waals surface area (Å²) in [5.41, 5.74) is 0. The lowest BCUT2D eigenvalue weighted by Gasteiger charge is -2.03. The number of hydrogen-bond acceptors (Lipinski definition) is 2. The first-order chi connectivity index (χ1) is 4.36. The van der Waals surface area contributed by atoms with Crippen LogP contribution in [0.25, 0.3) is 0 Å². The van der Waals surface area contributed by atoms with E-state index in [9.17, 15) is 0 Å². The van der Waals surface area contributed by atoms with Gasteiger partial charge in [-0.15, -0.1) is 0 Å². The highest BCUT2D eigenvalue weighted by molar-refractivity contribution is 4.77. The van der Waals surface area contributed by atoms with Crippen LogP contribution in [0.1, 0.15) is 13.3 Å². The Labute approximate surface area is 55.5 Å². The zero-order chi connectivity index (χ0) is 6.69. The second-order valence-electron chi connectivity index (χ2n) is 2.10. The maximum absolute atomic E-state index is 5.32. The van der Waals surface area contributed by atoms with E-state index in [1.54, 1.807) is 6.08 Å². The molecule has 1 aliphatic heterocycles. The SMILES string of the molecule is C=C[C@H]1OCC(CC)O1. The lowest BCUT2D eigenvalue weighted by Crippen LogP contribution is -2.08. The minimum absolute atomic E-state index is 0.157. The molecule has 9 heavy (non-hydrogen) atoms. The van der Waals surface area contributed by atoms with Gasteiger partial charge in [0.15, 0.2) is 6.29 Å². The molecule has 0 spiro atoms. The average molecular weight is 128 g/mol. The van der Waals surface area contributed by atoms with Gasteiger partial charge in [-0.1, -0.05) is 13.5 Å². The molecule has 0 N–H and O–H groups in total. The molecule has 1 heterocycles. The summed E-state index contributed by atoms with van der Waals surface area (Å²) in [6.07, 6.45) is 2.82. The van der Waals surface area contributed by atoms with Gasteiger partial charge in [-0.05, 0) is 12.5 Å². The van der Waals surface area contributed by atoms with Gasteiger partial charge in [-0.3, -0.25) is 0 Å². The van der Waals surface area contributed by atoms with Crippen LogP contribution in [0.15, 0.2) is 12.7 Å². The summed E-state index contributed by atoms with van der Waals surface area (Å²) >= 11 is 0. The van der Waals surface area contributed by atoms with Crippen molar-refractivity contribution in [1.82, 2.24) is 0 Å². The topological polar surface area (TPSA) is 18.5 Å². The predicted molar refractivity (Wildman–Crippen MR) is 35.1 cm³/mol. The van der Waals surface area contributed by atoms with Crippen molar-refractivity contribution in [3.8, 4) is 0 Å². The monoisotopic (exact) mass is 128 g/mol. The van der Waals surface area contributed by atoms with Crippen molar-refractivity contribution >= 4 is 0 Å². The molecule has 52 valence electrons. The first-order valence-corrected chi connectivity index (χ1v) is 3.26. The fraction of sp³-hybridized carbons (Fsp3) is 0.714. The maximum Gasteiger partial charge on any atom is 0.177 e. The standard InChI is InChI=1S/C7H12O2/c1-3-6-5-8-7(4-2)9-6/h4,6-7H,2-3,5H2,1H3/t6?,7-/m0/s1. The van der Waals surface area contributed by atoms with E-state index in [-0.39, 0.29) is 12.4 Å². The van der Waals surface area contributed by atoms with Crippen LogP contribution in [0, 0.1) is 0 Å². The summed E-state index contributed by atoms with van der Waals surface area (Å²) in [7, 11) is 0. The zero-order valence-electron chi connectivity index (χ0n) is 5.67.